The molecule has 2 N–H and O–H groups in total. The topological polar surface area (TPSA) is 47.7 Å². The number of rotatable bonds is 1. The Balaban J connectivity index is 1.77. The molecule has 1 saturated heterocycles. The molecule has 1 fully saturated rings. The van der Waals surface area contributed by atoms with Crippen LogP contribution in [0.2, 0.25) is 0 Å². The molecule has 4 nitrogen and oxygen atoms in total. The Labute approximate surface area is 101 Å². The van der Waals surface area contributed by atoms with Gasteiger partial charge in [-0.3, -0.25) is 4.90 Å². The van der Waals surface area contributed by atoms with Crippen LogP contribution in [0.1, 0.15) is 5.56 Å². The molecule has 1 unspecified atom stereocenters. The highest BCUT2D eigenvalue weighted by Crippen LogP contribution is 2.30. The molecule has 0 aliphatic carbocycles. The van der Waals surface area contributed by atoms with Crippen molar-refractivity contribution < 1.29 is 9.47 Å². The molecule has 0 radical (unpaired) electrons. The third-order valence-electron chi connectivity index (χ3n) is 3.60. The van der Waals surface area contributed by atoms with Gasteiger partial charge in [0.05, 0.1) is 13.2 Å². The molecule has 1 aromatic rings. The van der Waals surface area contributed by atoms with Crippen LogP contribution in [0.4, 0.5) is 5.69 Å². The highest BCUT2D eigenvalue weighted by Gasteiger charge is 2.27. The van der Waals surface area contributed by atoms with Crippen molar-refractivity contribution in [3.05, 3.63) is 23.8 Å². The van der Waals surface area contributed by atoms with Crippen molar-refractivity contribution >= 4 is 5.69 Å². The maximum atomic E-state index is 6.01. The lowest BCUT2D eigenvalue weighted by atomic mass is 9.99. The number of hydrogen-bond donors (Lipinski definition) is 1. The monoisotopic (exact) mass is 234 g/mol. The summed E-state index contributed by atoms with van der Waals surface area (Å²) >= 11 is 0. The number of fused-ring (bicyclic) bond motifs is 1. The van der Waals surface area contributed by atoms with Gasteiger partial charge in [-0.2, -0.15) is 0 Å². The first-order valence-electron chi connectivity index (χ1n) is 6.16. The second-order valence-corrected chi connectivity index (χ2v) is 4.64. The number of nitrogens with two attached hydrogens (primary N) is 1. The molecule has 0 saturated carbocycles. The third kappa shape index (κ3) is 2.10. The van der Waals surface area contributed by atoms with Crippen molar-refractivity contribution in [2.75, 3.05) is 38.6 Å². The molecule has 3 rings (SSSR count). The first-order chi connectivity index (χ1) is 8.34. The van der Waals surface area contributed by atoms with Gasteiger partial charge in [0.2, 0.25) is 0 Å². The fourth-order valence-electron chi connectivity index (χ4n) is 2.59. The predicted molar refractivity (Wildman–Crippen MR) is 66.2 cm³/mol. The summed E-state index contributed by atoms with van der Waals surface area (Å²) in [5.74, 6) is 0.953. The lowest BCUT2D eigenvalue weighted by molar-refractivity contribution is 0.00256. The standard InChI is InChI=1S/C13H18N2O2/c14-12-2-1-3-13-11(12)8-10(9-17-13)15-4-6-16-7-5-15/h1-3,10H,4-9,14H2. The van der Waals surface area contributed by atoms with Crippen LogP contribution in [0, 0.1) is 0 Å². The summed E-state index contributed by atoms with van der Waals surface area (Å²) in [6.45, 7) is 4.41. The maximum absolute atomic E-state index is 6.01. The van der Waals surface area contributed by atoms with Crippen LogP contribution in [0.15, 0.2) is 18.2 Å². The van der Waals surface area contributed by atoms with Gasteiger partial charge in [-0.1, -0.05) is 6.07 Å². The molecular weight excluding hydrogens is 216 g/mol. The molecule has 0 aromatic heterocycles. The predicted octanol–water partition coefficient (Wildman–Crippen LogP) is 0.904. The zero-order valence-corrected chi connectivity index (χ0v) is 9.89. The van der Waals surface area contributed by atoms with Crippen LogP contribution >= 0.6 is 0 Å². The highest BCUT2D eigenvalue weighted by molar-refractivity contribution is 5.55. The summed E-state index contributed by atoms with van der Waals surface area (Å²) in [4.78, 5) is 2.44. The maximum Gasteiger partial charge on any atom is 0.124 e. The van der Waals surface area contributed by atoms with Gasteiger partial charge in [-0.15, -0.1) is 0 Å². The van der Waals surface area contributed by atoms with Gasteiger partial charge in [0.15, 0.2) is 0 Å². The number of nitrogens with zero attached hydrogens (tertiary/aromatic N) is 1. The zero-order chi connectivity index (χ0) is 11.7. The van der Waals surface area contributed by atoms with Gasteiger partial charge in [0.25, 0.3) is 0 Å². The fraction of sp³-hybridized carbons (Fsp3) is 0.538. The second-order valence-electron chi connectivity index (χ2n) is 4.64. The van der Waals surface area contributed by atoms with Crippen molar-refractivity contribution in [1.29, 1.82) is 0 Å². The molecule has 0 spiro atoms. The molecule has 1 aromatic carbocycles. The molecule has 0 amide bonds. The SMILES string of the molecule is Nc1cccc2c1CC(N1CCOCC1)CO2. The zero-order valence-electron chi connectivity index (χ0n) is 9.89. The van der Waals surface area contributed by atoms with E-state index in [9.17, 15) is 0 Å². The van der Waals surface area contributed by atoms with E-state index in [0.29, 0.717) is 6.04 Å². The fourth-order valence-corrected chi connectivity index (χ4v) is 2.59. The number of hydrogen-bond acceptors (Lipinski definition) is 4. The first-order valence-corrected chi connectivity index (χ1v) is 6.16. The summed E-state index contributed by atoms with van der Waals surface area (Å²) in [6, 6.07) is 6.34. The molecule has 2 heterocycles. The highest BCUT2D eigenvalue weighted by atomic mass is 16.5. The van der Waals surface area contributed by atoms with Crippen LogP contribution in [-0.4, -0.2) is 43.9 Å². The summed E-state index contributed by atoms with van der Waals surface area (Å²) in [5, 5.41) is 0. The van der Waals surface area contributed by atoms with Gasteiger partial charge in [0, 0.05) is 30.4 Å². The van der Waals surface area contributed by atoms with E-state index < -0.39 is 0 Å². The Morgan fingerprint density at radius 2 is 2.06 bits per heavy atom. The van der Waals surface area contributed by atoms with Crippen molar-refractivity contribution in [3.8, 4) is 5.75 Å². The largest absolute Gasteiger partial charge is 0.492 e. The average Bonchev–Trinajstić information content (AvgIpc) is 2.40. The summed E-state index contributed by atoms with van der Waals surface area (Å²) < 4.78 is 11.2. The molecular formula is C13H18N2O2. The Hall–Kier alpha value is -1.26. The Kier molecular flexibility index (Phi) is 2.91. The Morgan fingerprint density at radius 3 is 2.88 bits per heavy atom. The minimum absolute atomic E-state index is 0.441. The van der Waals surface area contributed by atoms with E-state index in [-0.39, 0.29) is 0 Å². The molecule has 1 atom stereocenters. The van der Waals surface area contributed by atoms with E-state index in [1.807, 2.05) is 18.2 Å². The van der Waals surface area contributed by atoms with E-state index in [1.54, 1.807) is 0 Å². The normalized spacial score (nSPS) is 25.1. The van der Waals surface area contributed by atoms with E-state index in [4.69, 9.17) is 15.2 Å². The Morgan fingerprint density at radius 1 is 1.24 bits per heavy atom. The number of nitrogen functional groups attached to an aromatic ring is 1. The van der Waals surface area contributed by atoms with E-state index in [0.717, 1.165) is 56.3 Å². The van der Waals surface area contributed by atoms with Crippen LogP contribution < -0.4 is 10.5 Å². The van der Waals surface area contributed by atoms with E-state index in [1.165, 1.54) is 0 Å². The van der Waals surface area contributed by atoms with Crippen LogP contribution in [0.5, 0.6) is 5.75 Å². The molecule has 92 valence electrons. The number of benzene rings is 1. The minimum Gasteiger partial charge on any atom is -0.492 e. The van der Waals surface area contributed by atoms with Crippen molar-refractivity contribution in [2.45, 2.75) is 12.5 Å². The smallest absolute Gasteiger partial charge is 0.124 e. The van der Waals surface area contributed by atoms with Gasteiger partial charge in [0.1, 0.15) is 12.4 Å². The van der Waals surface area contributed by atoms with Gasteiger partial charge in [-0.25, -0.2) is 0 Å². The molecule has 0 bridgehead atoms. The lowest BCUT2D eigenvalue weighted by Gasteiger charge is -2.37. The number of anilines is 1. The number of ether oxygens (including phenoxy) is 2. The summed E-state index contributed by atoms with van der Waals surface area (Å²) in [5.41, 5.74) is 8.02. The Bertz CT molecular complexity index is 402. The average molecular weight is 234 g/mol. The first kappa shape index (κ1) is 10.9. The van der Waals surface area contributed by atoms with E-state index >= 15 is 0 Å². The van der Waals surface area contributed by atoms with Crippen molar-refractivity contribution in [1.82, 2.24) is 4.90 Å². The van der Waals surface area contributed by atoms with Crippen molar-refractivity contribution in [2.24, 2.45) is 0 Å². The van der Waals surface area contributed by atoms with Gasteiger partial charge >= 0.3 is 0 Å². The van der Waals surface area contributed by atoms with Crippen LogP contribution in [0.25, 0.3) is 0 Å². The van der Waals surface area contributed by atoms with Crippen LogP contribution in [-0.2, 0) is 11.2 Å². The van der Waals surface area contributed by atoms with Crippen LogP contribution in [0.3, 0.4) is 0 Å². The molecule has 17 heavy (non-hydrogen) atoms. The molecule has 4 heteroatoms. The molecule has 2 aliphatic heterocycles. The van der Waals surface area contributed by atoms with Gasteiger partial charge < -0.3 is 15.2 Å². The summed E-state index contributed by atoms with van der Waals surface area (Å²) in [6.07, 6.45) is 0.988. The second kappa shape index (κ2) is 4.55. The van der Waals surface area contributed by atoms with Crippen molar-refractivity contribution in [3.63, 3.8) is 0 Å². The van der Waals surface area contributed by atoms with E-state index in [2.05, 4.69) is 4.90 Å². The lowest BCUT2D eigenvalue weighted by Crippen LogP contribution is -2.48. The summed E-state index contributed by atoms with van der Waals surface area (Å²) in [7, 11) is 0. The number of morpholine rings is 1. The molecule has 2 aliphatic rings. The quantitative estimate of drug-likeness (QED) is 0.734. The van der Waals surface area contributed by atoms with Gasteiger partial charge in [-0.05, 0) is 18.6 Å². The minimum atomic E-state index is 0.441. The third-order valence-corrected chi connectivity index (χ3v) is 3.60.